The van der Waals surface area contributed by atoms with E-state index in [1.54, 1.807) is 13.1 Å². The maximum absolute atomic E-state index is 11.2. The maximum Gasteiger partial charge on any atom is 0.224 e. The molecule has 0 unspecified atom stereocenters. The molecule has 0 spiro atoms. The van der Waals surface area contributed by atoms with Crippen LogP contribution in [0.5, 0.6) is 0 Å². The summed E-state index contributed by atoms with van der Waals surface area (Å²) in [5.41, 5.74) is 0.412. The number of nitrogens with zero attached hydrogens (tertiary/aromatic N) is 3. The molecule has 1 aromatic rings. The molecule has 2 aliphatic carbocycles. The second kappa shape index (κ2) is 9.00. The highest BCUT2D eigenvalue weighted by Gasteiger charge is 2.24. The van der Waals surface area contributed by atoms with Crippen LogP contribution in [0.25, 0.3) is 0 Å². The smallest absolute Gasteiger partial charge is 0.224 e. The van der Waals surface area contributed by atoms with Crippen LogP contribution in [-0.2, 0) is 4.79 Å². The first-order valence-corrected chi connectivity index (χ1v) is 9.79. The number of aliphatic hydroxyl groups excluding tert-OH is 1. The number of rotatable bonds is 5. The summed E-state index contributed by atoms with van der Waals surface area (Å²) in [5.74, 6) is 1.06. The number of aromatic nitrogens is 2. The van der Waals surface area contributed by atoms with Crippen molar-refractivity contribution in [3.63, 3.8) is 0 Å². The molecule has 1 heterocycles. The van der Waals surface area contributed by atoms with E-state index in [9.17, 15) is 15.2 Å². The summed E-state index contributed by atoms with van der Waals surface area (Å²) in [6, 6.07) is 2.76. The predicted molar refractivity (Wildman–Crippen MR) is 102 cm³/mol. The van der Waals surface area contributed by atoms with Gasteiger partial charge in [0.1, 0.15) is 17.5 Å². The van der Waals surface area contributed by atoms with Crippen molar-refractivity contribution in [2.75, 3.05) is 10.6 Å². The number of amides is 1. The second-order valence-corrected chi connectivity index (χ2v) is 7.62. The fourth-order valence-electron chi connectivity index (χ4n) is 3.98. The highest BCUT2D eigenvalue weighted by atomic mass is 16.3. The average Bonchev–Trinajstić information content (AvgIpc) is 2.63. The zero-order chi connectivity index (χ0) is 19.2. The molecule has 1 amide bonds. The van der Waals surface area contributed by atoms with Crippen LogP contribution in [0.4, 0.5) is 11.8 Å². The number of carbonyl (C=O) groups excluding carboxylic acids is 1. The molecule has 8 nitrogen and oxygen atoms in total. The van der Waals surface area contributed by atoms with Crippen LogP contribution in [0.3, 0.4) is 0 Å². The third kappa shape index (κ3) is 5.54. The molecule has 8 heteroatoms. The van der Waals surface area contributed by atoms with Crippen LogP contribution < -0.4 is 16.0 Å². The van der Waals surface area contributed by atoms with Gasteiger partial charge in [-0.2, -0.15) is 10.2 Å². The lowest BCUT2D eigenvalue weighted by Crippen LogP contribution is -2.39. The minimum Gasteiger partial charge on any atom is -0.393 e. The number of carbonyl (C=O) groups is 1. The van der Waals surface area contributed by atoms with E-state index in [1.807, 2.05) is 0 Å². The fourth-order valence-corrected chi connectivity index (χ4v) is 3.98. The first kappa shape index (κ1) is 19.4. The number of nitrogens with one attached hydrogen (secondary N) is 3. The van der Waals surface area contributed by atoms with Gasteiger partial charge >= 0.3 is 0 Å². The molecule has 1 aromatic heterocycles. The summed E-state index contributed by atoms with van der Waals surface area (Å²) < 4.78 is 0. The van der Waals surface area contributed by atoms with E-state index in [0.29, 0.717) is 23.8 Å². The molecule has 0 aliphatic heterocycles. The molecule has 3 rings (SSSR count). The highest BCUT2D eigenvalue weighted by Crippen LogP contribution is 2.25. The number of anilines is 2. The van der Waals surface area contributed by atoms with Gasteiger partial charge in [-0.3, -0.25) is 4.79 Å². The van der Waals surface area contributed by atoms with E-state index in [2.05, 4.69) is 32.0 Å². The van der Waals surface area contributed by atoms with E-state index in [-0.39, 0.29) is 30.1 Å². The number of nitriles is 1. The maximum atomic E-state index is 11.2. The molecular formula is C19H28N6O2. The Balaban J connectivity index is 1.60. The van der Waals surface area contributed by atoms with Crippen molar-refractivity contribution in [1.29, 1.82) is 5.26 Å². The third-order valence-corrected chi connectivity index (χ3v) is 5.36. The van der Waals surface area contributed by atoms with Gasteiger partial charge in [0.05, 0.1) is 12.3 Å². The van der Waals surface area contributed by atoms with E-state index < -0.39 is 0 Å². The van der Waals surface area contributed by atoms with E-state index >= 15 is 0 Å². The second-order valence-electron chi connectivity index (χ2n) is 7.62. The molecule has 0 radical (unpaired) electrons. The Morgan fingerprint density at radius 2 is 1.89 bits per heavy atom. The first-order valence-electron chi connectivity index (χ1n) is 9.79. The Bertz CT molecular complexity index is 696. The third-order valence-electron chi connectivity index (χ3n) is 5.36. The standard InChI is InChI=1S/C19H28N6O2/c1-12(26)22-14-5-7-15(8-6-14)24-19-21-11-13(10-20)18(25-19)23-16-3-2-4-17(27)9-16/h11,14-17,27H,2-9H2,1H3,(H,22,26)(H2,21,23,24,25)/t14?,15?,16-,17+/m1/s1. The van der Waals surface area contributed by atoms with E-state index in [4.69, 9.17) is 0 Å². The fraction of sp³-hybridized carbons (Fsp3) is 0.684. The molecule has 2 aliphatic rings. The number of aliphatic hydroxyl groups is 1. The van der Waals surface area contributed by atoms with Crippen molar-refractivity contribution >= 4 is 17.7 Å². The van der Waals surface area contributed by atoms with Crippen LogP contribution in [0.2, 0.25) is 0 Å². The van der Waals surface area contributed by atoms with Gasteiger partial charge in [-0.25, -0.2) is 4.98 Å². The van der Waals surface area contributed by atoms with Gasteiger partial charge in [0.2, 0.25) is 11.9 Å². The molecule has 146 valence electrons. The molecule has 2 atom stereocenters. The van der Waals surface area contributed by atoms with Crippen LogP contribution in [-0.4, -0.2) is 45.2 Å². The summed E-state index contributed by atoms with van der Waals surface area (Å²) in [7, 11) is 0. The lowest BCUT2D eigenvalue weighted by Gasteiger charge is -2.30. The number of hydrogen-bond donors (Lipinski definition) is 4. The SMILES string of the molecule is CC(=O)NC1CCC(Nc2ncc(C#N)c(N[C@@H]3CCC[C@H](O)C3)n2)CC1. The topological polar surface area (TPSA) is 123 Å². The molecule has 4 N–H and O–H groups in total. The highest BCUT2D eigenvalue weighted by molar-refractivity contribution is 5.73. The van der Waals surface area contributed by atoms with Gasteiger partial charge < -0.3 is 21.1 Å². The average molecular weight is 372 g/mol. The minimum atomic E-state index is -0.292. The van der Waals surface area contributed by atoms with Gasteiger partial charge in [0, 0.05) is 25.0 Å². The first-order chi connectivity index (χ1) is 13.0. The van der Waals surface area contributed by atoms with Gasteiger partial charge in [-0.05, 0) is 51.4 Å². The van der Waals surface area contributed by atoms with Gasteiger partial charge in [0.15, 0.2) is 0 Å². The summed E-state index contributed by atoms with van der Waals surface area (Å²) in [6.07, 6.45) is 8.41. The lowest BCUT2D eigenvalue weighted by molar-refractivity contribution is -0.119. The molecule has 0 bridgehead atoms. The molecular weight excluding hydrogens is 344 g/mol. The largest absolute Gasteiger partial charge is 0.393 e. The van der Waals surface area contributed by atoms with Crippen molar-refractivity contribution in [3.05, 3.63) is 11.8 Å². The molecule has 2 saturated carbocycles. The lowest BCUT2D eigenvalue weighted by atomic mass is 9.91. The van der Waals surface area contributed by atoms with Crippen molar-refractivity contribution < 1.29 is 9.90 Å². The summed E-state index contributed by atoms with van der Waals surface area (Å²) in [5, 5.41) is 28.8. The van der Waals surface area contributed by atoms with Crippen molar-refractivity contribution in [3.8, 4) is 6.07 Å². The van der Waals surface area contributed by atoms with Gasteiger partial charge in [0.25, 0.3) is 0 Å². The summed E-state index contributed by atoms with van der Waals surface area (Å²) >= 11 is 0. The predicted octanol–water partition coefficient (Wildman–Crippen LogP) is 1.92. The molecule has 2 fully saturated rings. The zero-order valence-electron chi connectivity index (χ0n) is 15.7. The van der Waals surface area contributed by atoms with E-state index in [0.717, 1.165) is 44.9 Å². The quantitative estimate of drug-likeness (QED) is 0.622. The van der Waals surface area contributed by atoms with Crippen LogP contribution in [0, 0.1) is 11.3 Å². The van der Waals surface area contributed by atoms with E-state index in [1.165, 1.54) is 0 Å². The Morgan fingerprint density at radius 3 is 2.56 bits per heavy atom. The monoisotopic (exact) mass is 372 g/mol. The van der Waals surface area contributed by atoms with Crippen LogP contribution in [0.15, 0.2) is 6.20 Å². The molecule has 0 aromatic carbocycles. The normalized spacial score (nSPS) is 28.0. The minimum absolute atomic E-state index is 0.0189. The summed E-state index contributed by atoms with van der Waals surface area (Å²) in [6.45, 7) is 1.55. The Labute approximate surface area is 159 Å². The van der Waals surface area contributed by atoms with Crippen molar-refractivity contribution in [2.24, 2.45) is 0 Å². The molecule has 0 saturated heterocycles. The van der Waals surface area contributed by atoms with Crippen LogP contribution in [0.1, 0.15) is 63.9 Å². The van der Waals surface area contributed by atoms with Crippen molar-refractivity contribution in [1.82, 2.24) is 15.3 Å². The Hall–Kier alpha value is -2.40. The zero-order valence-corrected chi connectivity index (χ0v) is 15.7. The summed E-state index contributed by atoms with van der Waals surface area (Å²) in [4.78, 5) is 20.0. The Morgan fingerprint density at radius 1 is 1.15 bits per heavy atom. The number of hydrogen-bond acceptors (Lipinski definition) is 7. The van der Waals surface area contributed by atoms with Crippen molar-refractivity contribution in [2.45, 2.75) is 82.5 Å². The van der Waals surface area contributed by atoms with Crippen LogP contribution >= 0.6 is 0 Å². The molecule has 27 heavy (non-hydrogen) atoms. The van der Waals surface area contributed by atoms with Gasteiger partial charge in [-0.1, -0.05) is 0 Å². The Kier molecular flexibility index (Phi) is 6.45. The van der Waals surface area contributed by atoms with Gasteiger partial charge in [-0.15, -0.1) is 0 Å².